The van der Waals surface area contributed by atoms with Crippen LogP contribution in [0.15, 0.2) is 41.6 Å². The van der Waals surface area contributed by atoms with E-state index in [9.17, 15) is 26.3 Å². The van der Waals surface area contributed by atoms with Crippen LogP contribution in [0.5, 0.6) is 0 Å². The minimum Gasteiger partial charge on any atom is -0.388 e. The number of hydrogen-bond acceptors (Lipinski definition) is 3. The minimum absolute atomic E-state index is 0.0142. The minimum atomic E-state index is -4.74. The number of thioether (sulfide) groups is 1. The van der Waals surface area contributed by atoms with Crippen LogP contribution in [0.25, 0.3) is 0 Å². The van der Waals surface area contributed by atoms with Crippen LogP contribution in [-0.2, 0) is 16.8 Å². The van der Waals surface area contributed by atoms with Crippen molar-refractivity contribution in [1.29, 1.82) is 0 Å². The molecule has 1 aliphatic heterocycles. The summed E-state index contributed by atoms with van der Waals surface area (Å²) in [6.07, 6.45) is -4.81. The van der Waals surface area contributed by atoms with E-state index in [1.54, 1.807) is 6.92 Å². The largest absolute Gasteiger partial charge is 0.417 e. The van der Waals surface area contributed by atoms with Crippen LogP contribution >= 0.6 is 11.8 Å². The van der Waals surface area contributed by atoms with Crippen molar-refractivity contribution in [2.75, 3.05) is 5.75 Å². The van der Waals surface area contributed by atoms with E-state index in [1.807, 2.05) is 0 Å². The van der Waals surface area contributed by atoms with Gasteiger partial charge in [-0.2, -0.15) is 24.9 Å². The second-order valence-electron chi connectivity index (χ2n) is 6.61. The maximum Gasteiger partial charge on any atom is 0.417 e. The number of alkyl halides is 3. The summed E-state index contributed by atoms with van der Waals surface area (Å²) in [7, 11) is 0. The first kappa shape index (κ1) is 20.6. The third kappa shape index (κ3) is 4.29. The van der Waals surface area contributed by atoms with Gasteiger partial charge in [-0.1, -0.05) is 17.3 Å². The van der Waals surface area contributed by atoms with Gasteiger partial charge < -0.3 is 4.84 Å². The van der Waals surface area contributed by atoms with Crippen LogP contribution in [0.3, 0.4) is 0 Å². The average Bonchev–Trinajstić information content (AvgIpc) is 2.98. The molecule has 0 saturated heterocycles. The van der Waals surface area contributed by atoms with E-state index >= 15 is 0 Å². The summed E-state index contributed by atoms with van der Waals surface area (Å²) in [5.41, 5.74) is -3.02. The Hall–Kier alpha value is -2.16. The van der Waals surface area contributed by atoms with Crippen molar-refractivity contribution in [3.05, 3.63) is 70.5 Å². The molecule has 28 heavy (non-hydrogen) atoms. The summed E-state index contributed by atoms with van der Waals surface area (Å²) < 4.78 is 81.1. The SMILES string of the molecule is CC1(CSCc2c(F)cccc2F)CC(c2c(F)cccc2C(F)(F)F)=NO1. The molecular weight excluding hydrogens is 404 g/mol. The number of rotatable bonds is 5. The fraction of sp³-hybridized carbons (Fsp3) is 0.316. The predicted molar refractivity (Wildman–Crippen MR) is 94.6 cm³/mol. The van der Waals surface area contributed by atoms with E-state index in [4.69, 9.17) is 4.84 Å². The lowest BCUT2D eigenvalue weighted by Crippen LogP contribution is -2.28. The van der Waals surface area contributed by atoms with Crippen molar-refractivity contribution in [2.45, 2.75) is 30.9 Å². The van der Waals surface area contributed by atoms with E-state index in [0.717, 1.165) is 42.1 Å². The highest BCUT2D eigenvalue weighted by atomic mass is 32.2. The maximum atomic E-state index is 14.1. The monoisotopic (exact) mass is 419 g/mol. The third-order valence-corrected chi connectivity index (χ3v) is 5.55. The highest BCUT2D eigenvalue weighted by Crippen LogP contribution is 2.38. The Bertz CT molecular complexity index is 894. The molecule has 0 spiro atoms. The van der Waals surface area contributed by atoms with E-state index in [0.29, 0.717) is 0 Å². The van der Waals surface area contributed by atoms with E-state index in [-0.39, 0.29) is 29.2 Å². The number of nitrogens with zero attached hydrogens (tertiary/aromatic N) is 1. The Morgan fingerprint density at radius 1 is 1.04 bits per heavy atom. The Labute approximate surface area is 161 Å². The third-order valence-electron chi connectivity index (χ3n) is 4.24. The summed E-state index contributed by atoms with van der Waals surface area (Å²) in [5.74, 6) is -2.18. The Morgan fingerprint density at radius 2 is 1.64 bits per heavy atom. The zero-order valence-electron chi connectivity index (χ0n) is 14.6. The Kier molecular flexibility index (Phi) is 5.65. The first-order chi connectivity index (χ1) is 13.1. The molecule has 0 aliphatic carbocycles. The predicted octanol–water partition coefficient (Wildman–Crippen LogP) is 5.94. The molecule has 0 radical (unpaired) electrons. The van der Waals surface area contributed by atoms with Gasteiger partial charge in [0, 0.05) is 29.1 Å². The second kappa shape index (κ2) is 7.69. The van der Waals surface area contributed by atoms with E-state index < -0.39 is 40.4 Å². The van der Waals surface area contributed by atoms with Crippen LogP contribution in [-0.4, -0.2) is 17.1 Å². The lowest BCUT2D eigenvalue weighted by atomic mass is 9.94. The van der Waals surface area contributed by atoms with Gasteiger partial charge in [0.2, 0.25) is 0 Å². The van der Waals surface area contributed by atoms with Crippen molar-refractivity contribution >= 4 is 17.5 Å². The van der Waals surface area contributed by atoms with Crippen molar-refractivity contribution in [2.24, 2.45) is 5.16 Å². The lowest BCUT2D eigenvalue weighted by Gasteiger charge is -2.21. The number of oxime groups is 1. The van der Waals surface area contributed by atoms with Gasteiger partial charge in [-0.05, 0) is 31.2 Å². The van der Waals surface area contributed by atoms with E-state index in [2.05, 4.69) is 5.16 Å². The van der Waals surface area contributed by atoms with Gasteiger partial charge in [-0.15, -0.1) is 0 Å². The fourth-order valence-corrected chi connectivity index (χ4v) is 4.06. The average molecular weight is 419 g/mol. The maximum absolute atomic E-state index is 14.1. The molecule has 0 N–H and O–H groups in total. The smallest absolute Gasteiger partial charge is 0.388 e. The Balaban J connectivity index is 1.71. The molecule has 2 aromatic rings. The molecular formula is C19H15F6NOS. The van der Waals surface area contributed by atoms with Crippen LogP contribution < -0.4 is 0 Å². The van der Waals surface area contributed by atoms with Gasteiger partial charge in [-0.3, -0.25) is 0 Å². The topological polar surface area (TPSA) is 21.6 Å². The molecule has 1 heterocycles. The zero-order valence-corrected chi connectivity index (χ0v) is 15.4. The van der Waals surface area contributed by atoms with Crippen LogP contribution in [0.2, 0.25) is 0 Å². The van der Waals surface area contributed by atoms with Crippen molar-refractivity contribution < 1.29 is 31.2 Å². The molecule has 0 aromatic heterocycles. The molecule has 2 aromatic carbocycles. The molecule has 2 nitrogen and oxygen atoms in total. The summed E-state index contributed by atoms with van der Waals surface area (Å²) in [4.78, 5) is 5.27. The summed E-state index contributed by atoms with van der Waals surface area (Å²) in [6.45, 7) is 1.60. The van der Waals surface area contributed by atoms with Gasteiger partial charge in [-0.25, -0.2) is 13.2 Å². The zero-order chi connectivity index (χ0) is 20.5. The molecule has 1 atom stereocenters. The van der Waals surface area contributed by atoms with E-state index in [1.165, 1.54) is 6.07 Å². The van der Waals surface area contributed by atoms with Gasteiger partial charge in [0.15, 0.2) is 0 Å². The van der Waals surface area contributed by atoms with Gasteiger partial charge in [0.25, 0.3) is 0 Å². The standard InChI is InChI=1S/C19H15F6NOS/c1-18(10-28-9-11-13(20)5-3-6-14(11)21)8-16(26-27-18)17-12(19(23,24)25)4-2-7-15(17)22/h2-7H,8-10H2,1H3. The molecule has 9 heteroatoms. The molecule has 150 valence electrons. The molecule has 1 aliphatic rings. The van der Waals surface area contributed by atoms with Crippen LogP contribution in [0.4, 0.5) is 26.3 Å². The van der Waals surface area contributed by atoms with Gasteiger partial charge in [0.1, 0.15) is 23.1 Å². The van der Waals surface area contributed by atoms with Crippen LogP contribution in [0, 0.1) is 17.5 Å². The summed E-state index contributed by atoms with van der Waals surface area (Å²) in [6, 6.07) is 6.24. The molecule has 0 amide bonds. The highest BCUT2D eigenvalue weighted by Gasteiger charge is 2.41. The molecule has 0 bridgehead atoms. The summed E-state index contributed by atoms with van der Waals surface area (Å²) in [5, 5.41) is 3.67. The number of benzene rings is 2. The highest BCUT2D eigenvalue weighted by molar-refractivity contribution is 7.98. The van der Waals surface area contributed by atoms with Crippen molar-refractivity contribution in [3.8, 4) is 0 Å². The first-order valence-corrected chi connectivity index (χ1v) is 9.38. The van der Waals surface area contributed by atoms with Gasteiger partial charge >= 0.3 is 6.18 Å². The quantitative estimate of drug-likeness (QED) is 0.560. The summed E-state index contributed by atoms with van der Waals surface area (Å²) >= 11 is 1.15. The molecule has 1 unspecified atom stereocenters. The van der Waals surface area contributed by atoms with Crippen molar-refractivity contribution in [1.82, 2.24) is 0 Å². The molecule has 0 saturated carbocycles. The lowest BCUT2D eigenvalue weighted by molar-refractivity contribution is -0.137. The van der Waals surface area contributed by atoms with Crippen molar-refractivity contribution in [3.63, 3.8) is 0 Å². The van der Waals surface area contributed by atoms with Gasteiger partial charge in [0.05, 0.1) is 11.3 Å². The number of hydrogen-bond donors (Lipinski definition) is 0. The first-order valence-electron chi connectivity index (χ1n) is 8.22. The molecule has 0 fully saturated rings. The normalized spacial score (nSPS) is 19.5. The Morgan fingerprint density at radius 3 is 2.29 bits per heavy atom. The number of halogens is 6. The molecule has 3 rings (SSSR count). The van der Waals surface area contributed by atoms with Crippen LogP contribution in [0.1, 0.15) is 30.0 Å². The fourth-order valence-electron chi connectivity index (χ4n) is 2.89. The second-order valence-corrected chi connectivity index (χ2v) is 7.59.